The molecule has 1 saturated carbocycles. The SMILES string of the molecule is CS(=O)(=O)NCc1cc(F)cc(-c2nccc3[nH]c(-c4n[nH]c5ccc(-c6cncc(NC(=O)C7CCC7)c6)nc45)cc23)c1. The van der Waals surface area contributed by atoms with Crippen LogP contribution in [-0.4, -0.2) is 50.7 Å². The van der Waals surface area contributed by atoms with Crippen molar-refractivity contribution >= 4 is 43.6 Å². The highest BCUT2D eigenvalue weighted by Crippen LogP contribution is 2.34. The predicted molar refractivity (Wildman–Crippen MR) is 165 cm³/mol. The van der Waals surface area contributed by atoms with E-state index in [1.165, 1.54) is 12.1 Å². The maximum atomic E-state index is 14.6. The van der Waals surface area contributed by atoms with Crippen molar-refractivity contribution in [2.75, 3.05) is 11.6 Å². The number of nitrogens with one attached hydrogen (secondary N) is 4. The number of halogens is 1. The second-order valence-corrected chi connectivity index (χ2v) is 12.8. The van der Waals surface area contributed by atoms with Crippen LogP contribution >= 0.6 is 0 Å². The first-order valence-electron chi connectivity index (χ1n) is 14.0. The molecule has 4 N–H and O–H groups in total. The number of benzene rings is 1. The third-order valence-corrected chi connectivity index (χ3v) is 8.43. The number of H-pyrrole nitrogens is 2. The summed E-state index contributed by atoms with van der Waals surface area (Å²) in [7, 11) is -3.45. The van der Waals surface area contributed by atoms with Crippen LogP contribution < -0.4 is 10.0 Å². The van der Waals surface area contributed by atoms with Gasteiger partial charge in [0.05, 0.1) is 40.7 Å². The molecule has 5 aromatic heterocycles. The van der Waals surface area contributed by atoms with Crippen molar-refractivity contribution in [1.29, 1.82) is 0 Å². The summed E-state index contributed by atoms with van der Waals surface area (Å²) in [5.41, 5.74) is 6.94. The van der Waals surface area contributed by atoms with E-state index in [4.69, 9.17) is 4.98 Å². The van der Waals surface area contributed by atoms with E-state index < -0.39 is 15.8 Å². The topological polar surface area (TPSA) is 158 Å². The van der Waals surface area contributed by atoms with Crippen molar-refractivity contribution in [3.63, 3.8) is 0 Å². The molecule has 7 rings (SSSR count). The van der Waals surface area contributed by atoms with Gasteiger partial charge in [0.1, 0.15) is 17.0 Å². The molecular formula is C31H27FN8O3S. The summed E-state index contributed by atoms with van der Waals surface area (Å²) in [5.74, 6) is -0.421. The number of nitrogens with zero attached hydrogens (tertiary/aromatic N) is 4. The van der Waals surface area contributed by atoms with Crippen molar-refractivity contribution < 1.29 is 17.6 Å². The monoisotopic (exact) mass is 610 g/mol. The van der Waals surface area contributed by atoms with Crippen molar-refractivity contribution in [3.8, 4) is 33.9 Å². The Balaban J connectivity index is 1.23. The van der Waals surface area contributed by atoms with Gasteiger partial charge in [0.2, 0.25) is 15.9 Å². The molecule has 0 bridgehead atoms. The van der Waals surface area contributed by atoms with Gasteiger partial charge in [-0.3, -0.25) is 19.9 Å². The highest BCUT2D eigenvalue weighted by molar-refractivity contribution is 7.88. The minimum Gasteiger partial charge on any atom is -0.353 e. The molecule has 1 amide bonds. The van der Waals surface area contributed by atoms with Gasteiger partial charge in [-0.15, -0.1) is 0 Å². The second kappa shape index (κ2) is 10.9. The highest BCUT2D eigenvalue weighted by Gasteiger charge is 2.25. The fourth-order valence-corrected chi connectivity index (χ4v) is 5.75. The first kappa shape index (κ1) is 27.8. The Labute approximate surface area is 251 Å². The molecule has 13 heteroatoms. The molecule has 11 nitrogen and oxygen atoms in total. The van der Waals surface area contributed by atoms with E-state index in [-0.39, 0.29) is 18.4 Å². The molecule has 0 atom stereocenters. The van der Waals surface area contributed by atoms with E-state index in [2.05, 4.69) is 35.2 Å². The Morgan fingerprint density at radius 3 is 2.68 bits per heavy atom. The zero-order valence-corrected chi connectivity index (χ0v) is 24.4. The van der Waals surface area contributed by atoms with Crippen LogP contribution in [0.3, 0.4) is 0 Å². The number of sulfonamides is 1. The van der Waals surface area contributed by atoms with Gasteiger partial charge in [0, 0.05) is 46.9 Å². The number of rotatable bonds is 8. The number of hydrogen-bond acceptors (Lipinski definition) is 7. The van der Waals surface area contributed by atoms with E-state index >= 15 is 0 Å². The molecule has 222 valence electrons. The van der Waals surface area contributed by atoms with Crippen LogP contribution in [-0.2, 0) is 21.4 Å². The summed E-state index contributed by atoms with van der Waals surface area (Å²) < 4.78 is 40.1. The lowest BCUT2D eigenvalue weighted by molar-refractivity contribution is -0.122. The third-order valence-electron chi connectivity index (χ3n) is 7.76. The van der Waals surface area contributed by atoms with Crippen LogP contribution in [0, 0.1) is 11.7 Å². The maximum Gasteiger partial charge on any atom is 0.227 e. The van der Waals surface area contributed by atoms with Gasteiger partial charge in [0.15, 0.2) is 0 Å². The quantitative estimate of drug-likeness (QED) is 0.185. The Morgan fingerprint density at radius 2 is 1.89 bits per heavy atom. The fourth-order valence-electron chi connectivity index (χ4n) is 5.33. The van der Waals surface area contributed by atoms with E-state index in [0.717, 1.165) is 47.5 Å². The first-order valence-corrected chi connectivity index (χ1v) is 15.9. The van der Waals surface area contributed by atoms with Crippen LogP contribution in [0.4, 0.5) is 10.1 Å². The number of pyridine rings is 3. The first-order chi connectivity index (χ1) is 21.2. The third kappa shape index (κ3) is 5.54. The molecule has 1 aliphatic carbocycles. The summed E-state index contributed by atoms with van der Waals surface area (Å²) in [6, 6.07) is 13.7. The van der Waals surface area contributed by atoms with Crippen LogP contribution in [0.2, 0.25) is 0 Å². The van der Waals surface area contributed by atoms with Crippen molar-refractivity contribution in [2.24, 2.45) is 5.92 Å². The Morgan fingerprint density at radius 1 is 1.02 bits per heavy atom. The molecule has 0 aliphatic heterocycles. The Kier molecular flexibility index (Phi) is 6.90. The number of anilines is 1. The number of aromatic nitrogens is 6. The zero-order chi connectivity index (χ0) is 30.4. The van der Waals surface area contributed by atoms with Gasteiger partial charge >= 0.3 is 0 Å². The normalized spacial score (nSPS) is 13.8. The summed E-state index contributed by atoms with van der Waals surface area (Å²) in [4.78, 5) is 29.6. The Hall–Kier alpha value is -5.01. The molecule has 5 heterocycles. The molecule has 0 unspecified atom stereocenters. The van der Waals surface area contributed by atoms with Crippen molar-refractivity contribution in [1.82, 2.24) is 34.9 Å². The molecule has 44 heavy (non-hydrogen) atoms. The van der Waals surface area contributed by atoms with E-state index in [9.17, 15) is 17.6 Å². The molecule has 6 aromatic rings. The van der Waals surface area contributed by atoms with E-state index in [1.807, 2.05) is 30.3 Å². The molecule has 0 saturated heterocycles. The van der Waals surface area contributed by atoms with Gasteiger partial charge in [-0.2, -0.15) is 5.10 Å². The lowest BCUT2D eigenvalue weighted by Crippen LogP contribution is -2.28. The number of hydrogen-bond donors (Lipinski definition) is 4. The Bertz CT molecular complexity index is 2170. The zero-order valence-electron chi connectivity index (χ0n) is 23.6. The number of aromatic amines is 2. The van der Waals surface area contributed by atoms with Crippen molar-refractivity contribution in [3.05, 3.63) is 78.5 Å². The molecule has 1 fully saturated rings. The average Bonchev–Trinajstić information content (AvgIpc) is 3.58. The number of carbonyl (C=O) groups is 1. The molecule has 1 aliphatic rings. The van der Waals surface area contributed by atoms with Crippen LogP contribution in [0.25, 0.3) is 55.8 Å². The molecular weight excluding hydrogens is 583 g/mol. The second-order valence-electron chi connectivity index (χ2n) is 11.0. The molecule has 0 spiro atoms. The fraction of sp³-hybridized carbons (Fsp3) is 0.194. The van der Waals surface area contributed by atoms with Gasteiger partial charge < -0.3 is 10.3 Å². The maximum absolute atomic E-state index is 14.6. The van der Waals surface area contributed by atoms with Crippen LogP contribution in [0.5, 0.6) is 0 Å². The van der Waals surface area contributed by atoms with Crippen molar-refractivity contribution in [2.45, 2.75) is 25.8 Å². The number of carbonyl (C=O) groups excluding carboxylic acids is 1. The summed E-state index contributed by atoms with van der Waals surface area (Å²) in [6.45, 7) is -0.0451. The van der Waals surface area contributed by atoms with Crippen LogP contribution in [0.1, 0.15) is 24.8 Å². The minimum absolute atomic E-state index is 0.0171. The number of fused-ring (bicyclic) bond motifs is 2. The lowest BCUT2D eigenvalue weighted by atomic mass is 9.85. The van der Waals surface area contributed by atoms with Gasteiger partial charge in [-0.1, -0.05) is 6.42 Å². The predicted octanol–water partition coefficient (Wildman–Crippen LogP) is 5.16. The van der Waals surface area contributed by atoms with Crippen LogP contribution in [0.15, 0.2) is 67.1 Å². The summed E-state index contributed by atoms with van der Waals surface area (Å²) in [5, 5.41) is 11.3. The summed E-state index contributed by atoms with van der Waals surface area (Å²) >= 11 is 0. The molecule has 1 aromatic carbocycles. The molecule has 0 radical (unpaired) electrons. The lowest BCUT2D eigenvalue weighted by Gasteiger charge is -2.24. The highest BCUT2D eigenvalue weighted by atomic mass is 32.2. The largest absolute Gasteiger partial charge is 0.353 e. The van der Waals surface area contributed by atoms with E-state index in [1.54, 1.807) is 24.7 Å². The summed E-state index contributed by atoms with van der Waals surface area (Å²) in [6.07, 6.45) is 8.92. The smallest absolute Gasteiger partial charge is 0.227 e. The average molecular weight is 611 g/mol. The minimum atomic E-state index is -3.45. The number of amides is 1. The van der Waals surface area contributed by atoms with Gasteiger partial charge in [-0.05, 0) is 66.9 Å². The van der Waals surface area contributed by atoms with Gasteiger partial charge in [0.25, 0.3) is 0 Å². The van der Waals surface area contributed by atoms with E-state index in [0.29, 0.717) is 45.1 Å². The van der Waals surface area contributed by atoms with Gasteiger partial charge in [-0.25, -0.2) is 22.5 Å². The standard InChI is InChI=1S/C31H27FN8O3S/c1-44(42,43)35-14-17-9-19(11-21(32)10-17)28-23-13-27(37-25(23)7-8-34-28)30-29-26(39-40-30)6-5-24(38-29)20-12-22(16-33-15-20)36-31(41)18-3-2-4-18/h5-13,15-16,18,35,37H,2-4,14H2,1H3,(H,36,41)(H,39,40).